The number of carbonyl (C=O) groups excluding carboxylic acids is 1. The molecule has 0 saturated carbocycles. The van der Waals surface area contributed by atoms with E-state index in [2.05, 4.69) is 4.74 Å². The van der Waals surface area contributed by atoms with Crippen molar-refractivity contribution >= 4 is 23.5 Å². The van der Waals surface area contributed by atoms with Crippen molar-refractivity contribution in [1.29, 1.82) is 0 Å². The van der Waals surface area contributed by atoms with Crippen molar-refractivity contribution < 1.29 is 28.9 Å². The molecule has 1 aromatic rings. The maximum absolute atomic E-state index is 11.1. The molecule has 0 radical (unpaired) electrons. The second-order valence-corrected chi connectivity index (χ2v) is 3.90. The molecule has 0 aromatic heterocycles. The first kappa shape index (κ1) is 15.1. The molecule has 6 nitrogen and oxygen atoms in total. The Morgan fingerprint density at radius 3 is 2.53 bits per heavy atom. The average Bonchev–Trinajstić information content (AvgIpc) is 2.38. The third-order valence-corrected chi connectivity index (χ3v) is 2.47. The van der Waals surface area contributed by atoms with Gasteiger partial charge in [-0.15, -0.1) is 0 Å². The number of rotatable bonds is 6. The molecular weight excluding hydrogens is 276 g/mol. The average molecular weight is 289 g/mol. The normalized spacial score (nSPS) is 9.84. The number of benzene rings is 1. The number of ether oxygens (including phenoxy) is 3. The maximum Gasteiger partial charge on any atom is 0.339 e. The van der Waals surface area contributed by atoms with Gasteiger partial charge >= 0.3 is 11.9 Å². The zero-order valence-electron chi connectivity index (χ0n) is 10.4. The molecule has 0 unspecified atom stereocenters. The molecule has 1 aromatic carbocycles. The number of carboxylic acids is 1. The molecule has 0 bridgehead atoms. The van der Waals surface area contributed by atoms with Gasteiger partial charge in [0.25, 0.3) is 0 Å². The minimum absolute atomic E-state index is 0.00133. The minimum atomic E-state index is -1.20. The van der Waals surface area contributed by atoms with Crippen LogP contribution in [0.25, 0.3) is 0 Å². The van der Waals surface area contributed by atoms with Crippen molar-refractivity contribution in [3.8, 4) is 11.5 Å². The number of hydrogen-bond donors (Lipinski definition) is 1. The van der Waals surface area contributed by atoms with Gasteiger partial charge in [0.2, 0.25) is 0 Å². The van der Waals surface area contributed by atoms with E-state index in [-0.39, 0.29) is 35.1 Å². The van der Waals surface area contributed by atoms with Crippen LogP contribution in [0.1, 0.15) is 16.8 Å². The number of carboxylic acid groups (broad SMARTS) is 1. The molecule has 0 aliphatic heterocycles. The lowest BCUT2D eigenvalue weighted by Crippen LogP contribution is -2.10. The maximum atomic E-state index is 11.1. The van der Waals surface area contributed by atoms with E-state index in [0.717, 1.165) is 0 Å². The minimum Gasteiger partial charge on any atom is -0.493 e. The van der Waals surface area contributed by atoms with Gasteiger partial charge in [-0.05, 0) is 6.07 Å². The molecule has 104 valence electrons. The summed E-state index contributed by atoms with van der Waals surface area (Å²) in [6.07, 6.45) is 0.00133. The molecule has 0 amide bonds. The Kier molecular flexibility index (Phi) is 5.44. The standard InChI is InChI=1S/C12H13ClO6/c1-17-9-6-7(13)5-8(12(15)16)11(9)19-4-3-10(14)18-2/h5-6H,3-4H2,1-2H3,(H,15,16). The summed E-state index contributed by atoms with van der Waals surface area (Å²) in [5.74, 6) is -1.43. The summed E-state index contributed by atoms with van der Waals surface area (Å²) in [6.45, 7) is -0.0229. The fourth-order valence-electron chi connectivity index (χ4n) is 1.37. The molecule has 0 heterocycles. The predicted molar refractivity (Wildman–Crippen MR) is 67.1 cm³/mol. The topological polar surface area (TPSA) is 82.1 Å². The third kappa shape index (κ3) is 4.03. The molecule has 0 aliphatic rings. The second kappa shape index (κ2) is 6.84. The molecule has 7 heteroatoms. The summed E-state index contributed by atoms with van der Waals surface area (Å²) in [5.41, 5.74) is -0.130. The van der Waals surface area contributed by atoms with Gasteiger partial charge in [-0.2, -0.15) is 0 Å². The monoisotopic (exact) mass is 288 g/mol. The van der Waals surface area contributed by atoms with E-state index in [1.807, 2.05) is 0 Å². The quantitative estimate of drug-likeness (QED) is 0.806. The summed E-state index contributed by atoms with van der Waals surface area (Å²) in [7, 11) is 2.62. The summed E-state index contributed by atoms with van der Waals surface area (Å²) < 4.78 is 14.7. The van der Waals surface area contributed by atoms with Crippen LogP contribution in [-0.4, -0.2) is 37.9 Å². The molecule has 1 N–H and O–H groups in total. The van der Waals surface area contributed by atoms with Gasteiger partial charge in [0.15, 0.2) is 11.5 Å². The van der Waals surface area contributed by atoms with E-state index in [4.69, 9.17) is 26.2 Å². The molecule has 0 aliphatic carbocycles. The van der Waals surface area contributed by atoms with E-state index >= 15 is 0 Å². The fourth-order valence-corrected chi connectivity index (χ4v) is 1.57. The van der Waals surface area contributed by atoms with E-state index in [0.29, 0.717) is 0 Å². The van der Waals surface area contributed by atoms with Crippen LogP contribution in [-0.2, 0) is 9.53 Å². The van der Waals surface area contributed by atoms with Crippen molar-refractivity contribution in [3.05, 3.63) is 22.7 Å². The smallest absolute Gasteiger partial charge is 0.339 e. The molecule has 0 saturated heterocycles. The van der Waals surface area contributed by atoms with Crippen molar-refractivity contribution in [2.75, 3.05) is 20.8 Å². The molecule has 0 atom stereocenters. The van der Waals surface area contributed by atoms with Crippen LogP contribution in [0.5, 0.6) is 11.5 Å². The van der Waals surface area contributed by atoms with Gasteiger partial charge in [-0.3, -0.25) is 4.79 Å². The highest BCUT2D eigenvalue weighted by atomic mass is 35.5. The SMILES string of the molecule is COC(=O)CCOc1c(OC)cc(Cl)cc1C(=O)O. The summed E-state index contributed by atoms with van der Waals surface area (Å²) in [6, 6.07) is 2.68. The van der Waals surface area contributed by atoms with Crippen LogP contribution >= 0.6 is 11.6 Å². The zero-order chi connectivity index (χ0) is 14.4. The van der Waals surface area contributed by atoms with Gasteiger partial charge in [-0.25, -0.2) is 4.79 Å². The fraction of sp³-hybridized carbons (Fsp3) is 0.333. The van der Waals surface area contributed by atoms with Crippen LogP contribution < -0.4 is 9.47 Å². The number of halogens is 1. The Morgan fingerprint density at radius 1 is 1.32 bits per heavy atom. The lowest BCUT2D eigenvalue weighted by Gasteiger charge is -2.13. The molecular formula is C12H13ClO6. The number of methoxy groups -OCH3 is 2. The lowest BCUT2D eigenvalue weighted by molar-refractivity contribution is -0.141. The van der Waals surface area contributed by atoms with Crippen LogP contribution in [0, 0.1) is 0 Å². The van der Waals surface area contributed by atoms with Crippen molar-refractivity contribution in [1.82, 2.24) is 0 Å². The summed E-state index contributed by atoms with van der Waals surface area (Å²) in [4.78, 5) is 22.1. The summed E-state index contributed by atoms with van der Waals surface area (Å²) >= 11 is 5.78. The van der Waals surface area contributed by atoms with Crippen LogP contribution in [0.3, 0.4) is 0 Å². The molecule has 1 rings (SSSR count). The number of aromatic carboxylic acids is 1. The van der Waals surface area contributed by atoms with Gasteiger partial charge in [0, 0.05) is 11.1 Å². The second-order valence-electron chi connectivity index (χ2n) is 3.46. The zero-order valence-corrected chi connectivity index (χ0v) is 11.2. The van der Waals surface area contributed by atoms with Gasteiger partial charge in [-0.1, -0.05) is 11.6 Å². The lowest BCUT2D eigenvalue weighted by atomic mass is 10.2. The largest absolute Gasteiger partial charge is 0.493 e. The van der Waals surface area contributed by atoms with Crippen LogP contribution in [0.4, 0.5) is 0 Å². The molecule has 0 fully saturated rings. The van der Waals surface area contributed by atoms with E-state index in [1.165, 1.54) is 26.4 Å². The number of esters is 1. The van der Waals surface area contributed by atoms with Crippen LogP contribution in [0.15, 0.2) is 12.1 Å². The van der Waals surface area contributed by atoms with Crippen LogP contribution in [0.2, 0.25) is 5.02 Å². The Morgan fingerprint density at radius 2 is 2.00 bits per heavy atom. The molecule has 0 spiro atoms. The first-order chi connectivity index (χ1) is 8.99. The van der Waals surface area contributed by atoms with Crippen molar-refractivity contribution in [2.45, 2.75) is 6.42 Å². The van der Waals surface area contributed by atoms with Gasteiger partial charge < -0.3 is 19.3 Å². The van der Waals surface area contributed by atoms with E-state index < -0.39 is 11.9 Å². The van der Waals surface area contributed by atoms with E-state index in [1.54, 1.807) is 0 Å². The third-order valence-electron chi connectivity index (χ3n) is 2.25. The summed E-state index contributed by atoms with van der Waals surface area (Å²) in [5, 5.41) is 9.30. The van der Waals surface area contributed by atoms with Gasteiger partial charge in [0.1, 0.15) is 5.56 Å². The first-order valence-corrected chi connectivity index (χ1v) is 5.67. The predicted octanol–water partition coefficient (Wildman–Crippen LogP) is 1.99. The molecule has 19 heavy (non-hydrogen) atoms. The highest BCUT2D eigenvalue weighted by molar-refractivity contribution is 6.31. The Bertz CT molecular complexity index is 485. The Hall–Kier alpha value is -1.95. The Balaban J connectivity index is 2.96. The first-order valence-electron chi connectivity index (χ1n) is 5.30. The van der Waals surface area contributed by atoms with Crippen molar-refractivity contribution in [2.24, 2.45) is 0 Å². The number of carbonyl (C=O) groups is 2. The van der Waals surface area contributed by atoms with Gasteiger partial charge in [0.05, 0.1) is 27.2 Å². The van der Waals surface area contributed by atoms with Crippen molar-refractivity contribution in [3.63, 3.8) is 0 Å². The van der Waals surface area contributed by atoms with E-state index in [9.17, 15) is 9.59 Å². The highest BCUT2D eigenvalue weighted by Crippen LogP contribution is 2.34. The Labute approximate surface area is 114 Å². The highest BCUT2D eigenvalue weighted by Gasteiger charge is 2.18. The number of hydrogen-bond acceptors (Lipinski definition) is 5.